The van der Waals surface area contributed by atoms with E-state index in [9.17, 15) is 10.1 Å². The average molecular weight is 298 g/mol. The van der Waals surface area contributed by atoms with E-state index < -0.39 is 4.92 Å². The summed E-state index contributed by atoms with van der Waals surface area (Å²) in [6, 6.07) is 7.39. The fourth-order valence-corrected chi connectivity index (χ4v) is 1.93. The number of hydrogen-bond acceptors (Lipinski definition) is 7. The van der Waals surface area contributed by atoms with Gasteiger partial charge in [-0.1, -0.05) is 12.1 Å². The zero-order valence-corrected chi connectivity index (χ0v) is 11.2. The molecule has 0 unspecified atom stereocenters. The number of para-hydroxylation sites is 2. The van der Waals surface area contributed by atoms with Crippen LogP contribution < -0.4 is 0 Å². The Morgan fingerprint density at radius 3 is 2.90 bits per heavy atom. The van der Waals surface area contributed by atoms with Crippen LogP contribution in [-0.2, 0) is 0 Å². The highest BCUT2D eigenvalue weighted by atomic mass is 32.1. The summed E-state index contributed by atoms with van der Waals surface area (Å²) in [7, 11) is 0. The number of aliphatic imine (C=N–C) groups is 1. The van der Waals surface area contributed by atoms with Crippen molar-refractivity contribution < 1.29 is 4.92 Å². The van der Waals surface area contributed by atoms with Gasteiger partial charge in [0.25, 0.3) is 0 Å². The number of nitrogens with zero attached hydrogens (tertiary/aromatic N) is 6. The lowest BCUT2D eigenvalue weighted by molar-refractivity contribution is -0.384. The topological polar surface area (TPSA) is 99.1 Å². The Kier molecular flexibility index (Phi) is 3.19. The summed E-state index contributed by atoms with van der Waals surface area (Å²) in [6.45, 7) is 0. The minimum Gasteiger partial charge on any atom is -0.267 e. The third-order valence-corrected chi connectivity index (χ3v) is 2.85. The monoisotopic (exact) mass is 298 g/mol. The molecular weight excluding hydrogens is 292 g/mol. The number of rotatable bonds is 3. The predicted molar refractivity (Wildman–Crippen MR) is 78.0 cm³/mol. The first-order chi connectivity index (χ1) is 10.2. The summed E-state index contributed by atoms with van der Waals surface area (Å²) >= 11 is 4.48. The van der Waals surface area contributed by atoms with E-state index in [2.05, 4.69) is 37.3 Å². The van der Waals surface area contributed by atoms with E-state index in [-0.39, 0.29) is 17.5 Å². The van der Waals surface area contributed by atoms with Crippen molar-refractivity contribution in [2.45, 2.75) is 0 Å². The van der Waals surface area contributed by atoms with E-state index >= 15 is 0 Å². The standard InChI is InChI=1S/C12H6N6O2S/c19-18(20)10-5-13-12(16-11(10)15-7-21)17-6-14-8-3-1-2-4-9(8)17/h1-6H. The van der Waals surface area contributed by atoms with Crippen molar-refractivity contribution in [3.8, 4) is 5.95 Å². The van der Waals surface area contributed by atoms with Gasteiger partial charge in [-0.3, -0.25) is 14.7 Å². The summed E-state index contributed by atoms with van der Waals surface area (Å²) in [5, 5.41) is 13.0. The van der Waals surface area contributed by atoms with Crippen molar-refractivity contribution in [3.05, 3.63) is 46.9 Å². The smallest absolute Gasteiger partial charge is 0.267 e. The third kappa shape index (κ3) is 2.27. The molecule has 1 aromatic carbocycles. The normalized spacial score (nSPS) is 10.3. The van der Waals surface area contributed by atoms with Crippen LogP contribution in [0.5, 0.6) is 0 Å². The Balaban J connectivity index is 2.21. The molecule has 0 saturated heterocycles. The van der Waals surface area contributed by atoms with Crippen molar-refractivity contribution in [2.24, 2.45) is 4.99 Å². The summed E-state index contributed by atoms with van der Waals surface area (Å²) in [4.78, 5) is 26.1. The second-order valence-electron chi connectivity index (χ2n) is 3.94. The minimum atomic E-state index is -0.624. The van der Waals surface area contributed by atoms with Crippen LogP contribution in [0.15, 0.2) is 41.8 Å². The van der Waals surface area contributed by atoms with E-state index in [0.29, 0.717) is 0 Å². The molecule has 0 aliphatic rings. The predicted octanol–water partition coefficient (Wildman–Crippen LogP) is 2.46. The number of benzene rings is 1. The van der Waals surface area contributed by atoms with Crippen LogP contribution in [0.4, 0.5) is 11.5 Å². The molecule has 9 heteroatoms. The lowest BCUT2D eigenvalue weighted by Gasteiger charge is -2.02. The second kappa shape index (κ2) is 5.16. The van der Waals surface area contributed by atoms with Gasteiger partial charge >= 0.3 is 5.69 Å². The average Bonchev–Trinajstić information content (AvgIpc) is 2.91. The Hall–Kier alpha value is -3.03. The van der Waals surface area contributed by atoms with E-state index in [0.717, 1.165) is 17.2 Å². The molecule has 8 nitrogen and oxygen atoms in total. The van der Waals surface area contributed by atoms with E-state index in [1.807, 2.05) is 24.3 Å². The molecule has 0 spiro atoms. The molecule has 2 heterocycles. The Labute approximate surface area is 123 Å². The number of nitro groups is 1. The van der Waals surface area contributed by atoms with Gasteiger partial charge in [-0.2, -0.15) is 9.98 Å². The highest BCUT2D eigenvalue weighted by Crippen LogP contribution is 2.25. The van der Waals surface area contributed by atoms with Crippen molar-refractivity contribution >= 4 is 39.9 Å². The summed E-state index contributed by atoms with van der Waals surface area (Å²) in [6.07, 6.45) is 2.62. The first kappa shape index (κ1) is 13.0. The van der Waals surface area contributed by atoms with E-state index in [1.54, 1.807) is 4.57 Å². The van der Waals surface area contributed by atoms with Gasteiger partial charge in [-0.15, -0.1) is 0 Å². The number of isothiocyanates is 1. The van der Waals surface area contributed by atoms with Crippen LogP contribution in [0.3, 0.4) is 0 Å². The number of imidazole rings is 1. The number of thiocarbonyl (C=S) groups is 1. The lowest BCUT2D eigenvalue weighted by Crippen LogP contribution is -2.01. The van der Waals surface area contributed by atoms with Crippen molar-refractivity contribution in [3.63, 3.8) is 0 Å². The van der Waals surface area contributed by atoms with Crippen LogP contribution in [0.25, 0.3) is 17.0 Å². The molecule has 0 fully saturated rings. The maximum Gasteiger partial charge on any atom is 0.332 e. The van der Waals surface area contributed by atoms with Gasteiger partial charge in [0, 0.05) is 0 Å². The highest BCUT2D eigenvalue weighted by molar-refractivity contribution is 7.78. The Morgan fingerprint density at radius 1 is 1.33 bits per heavy atom. The molecule has 21 heavy (non-hydrogen) atoms. The van der Waals surface area contributed by atoms with Crippen LogP contribution >= 0.6 is 12.2 Å². The van der Waals surface area contributed by atoms with Gasteiger partial charge in [0.1, 0.15) is 12.5 Å². The molecule has 2 aromatic heterocycles. The van der Waals surface area contributed by atoms with Crippen molar-refractivity contribution in [2.75, 3.05) is 0 Å². The number of fused-ring (bicyclic) bond motifs is 1. The molecule has 102 valence electrons. The number of aromatic nitrogens is 4. The van der Waals surface area contributed by atoms with Crippen molar-refractivity contribution in [1.29, 1.82) is 0 Å². The van der Waals surface area contributed by atoms with Gasteiger partial charge in [-0.25, -0.2) is 9.97 Å². The van der Waals surface area contributed by atoms with Crippen LogP contribution in [-0.4, -0.2) is 29.6 Å². The maximum absolute atomic E-state index is 10.9. The first-order valence-electron chi connectivity index (χ1n) is 5.72. The minimum absolute atomic E-state index is 0.141. The Bertz CT molecular complexity index is 900. The molecule has 0 radical (unpaired) electrons. The van der Waals surface area contributed by atoms with Gasteiger partial charge in [0.15, 0.2) is 0 Å². The van der Waals surface area contributed by atoms with Gasteiger partial charge in [-0.05, 0) is 24.4 Å². The van der Waals surface area contributed by atoms with E-state index in [1.165, 1.54) is 6.33 Å². The second-order valence-corrected chi connectivity index (χ2v) is 4.12. The molecule has 0 aliphatic carbocycles. The molecule has 3 aromatic rings. The number of hydrogen-bond donors (Lipinski definition) is 0. The molecule has 3 rings (SSSR count). The molecule has 0 saturated carbocycles. The van der Waals surface area contributed by atoms with Gasteiger partial charge in [0.2, 0.25) is 11.8 Å². The molecule has 0 aliphatic heterocycles. The summed E-state index contributed by atoms with van der Waals surface area (Å²) in [5.41, 5.74) is 1.21. The fourth-order valence-electron chi connectivity index (χ4n) is 1.85. The van der Waals surface area contributed by atoms with Crippen LogP contribution in [0, 0.1) is 10.1 Å². The van der Waals surface area contributed by atoms with Gasteiger partial charge in [0.05, 0.1) is 21.1 Å². The SMILES string of the molecule is O=[N+]([O-])c1cnc(-n2cnc3ccccc32)nc1N=C=S. The molecule has 0 atom stereocenters. The maximum atomic E-state index is 10.9. The zero-order chi connectivity index (χ0) is 14.8. The Morgan fingerprint density at radius 2 is 2.14 bits per heavy atom. The fraction of sp³-hybridized carbons (Fsp3) is 0. The highest BCUT2D eigenvalue weighted by Gasteiger charge is 2.18. The lowest BCUT2D eigenvalue weighted by atomic mass is 10.3. The molecule has 0 N–H and O–H groups in total. The summed E-state index contributed by atoms with van der Waals surface area (Å²) in [5.74, 6) is 0.0797. The first-order valence-corrected chi connectivity index (χ1v) is 6.13. The molecular formula is C12H6N6O2S. The molecule has 0 amide bonds. The quantitative estimate of drug-likeness (QED) is 0.319. The molecule has 0 bridgehead atoms. The summed E-state index contributed by atoms with van der Waals surface area (Å²) < 4.78 is 1.61. The van der Waals surface area contributed by atoms with Crippen LogP contribution in [0.2, 0.25) is 0 Å². The third-order valence-electron chi connectivity index (χ3n) is 2.75. The van der Waals surface area contributed by atoms with Crippen molar-refractivity contribution in [1.82, 2.24) is 19.5 Å². The van der Waals surface area contributed by atoms with Crippen LogP contribution in [0.1, 0.15) is 0 Å². The van der Waals surface area contributed by atoms with Gasteiger partial charge < -0.3 is 0 Å². The zero-order valence-electron chi connectivity index (χ0n) is 10.4. The largest absolute Gasteiger partial charge is 0.332 e. The van der Waals surface area contributed by atoms with E-state index in [4.69, 9.17) is 0 Å².